The van der Waals surface area contributed by atoms with E-state index in [1.165, 1.54) is 12.8 Å². The van der Waals surface area contributed by atoms with Crippen LogP contribution in [0.3, 0.4) is 0 Å². The lowest BCUT2D eigenvalue weighted by molar-refractivity contribution is 0.0976. The van der Waals surface area contributed by atoms with E-state index in [2.05, 4.69) is 15.3 Å². The van der Waals surface area contributed by atoms with Crippen molar-refractivity contribution in [2.45, 2.75) is 25.7 Å². The van der Waals surface area contributed by atoms with Crippen LogP contribution in [0.1, 0.15) is 36.0 Å². The van der Waals surface area contributed by atoms with Crippen molar-refractivity contribution in [1.29, 1.82) is 0 Å². The first-order valence-electron chi connectivity index (χ1n) is 9.45. The van der Waals surface area contributed by atoms with Gasteiger partial charge in [0.15, 0.2) is 17.2 Å². The van der Waals surface area contributed by atoms with Crippen molar-refractivity contribution in [3.8, 4) is 11.3 Å². The van der Waals surface area contributed by atoms with Crippen LogP contribution in [0.2, 0.25) is 0 Å². The molecule has 3 aromatic rings. The van der Waals surface area contributed by atoms with Crippen molar-refractivity contribution >= 4 is 17.2 Å². The van der Waals surface area contributed by atoms with Crippen LogP contribution in [0.15, 0.2) is 42.9 Å². The average Bonchev–Trinajstić information content (AvgIpc) is 3.40. The van der Waals surface area contributed by atoms with Gasteiger partial charge in [-0.05, 0) is 25.2 Å². The minimum Gasteiger partial charge on any atom is -0.385 e. The SMILES string of the molecule is COCCCNc1nccn2c(-c3ccc(C(=O)CC4CC4)cc3)cnc12. The normalized spacial score (nSPS) is 13.8. The first-order valence-corrected chi connectivity index (χ1v) is 9.45. The molecule has 4 rings (SSSR count). The fraction of sp³-hybridized carbons (Fsp3) is 0.381. The summed E-state index contributed by atoms with van der Waals surface area (Å²) in [6, 6.07) is 7.83. The maximum absolute atomic E-state index is 12.3. The lowest BCUT2D eigenvalue weighted by Crippen LogP contribution is -2.07. The zero-order valence-electron chi connectivity index (χ0n) is 15.5. The highest BCUT2D eigenvalue weighted by Gasteiger charge is 2.24. The minimum atomic E-state index is 0.244. The lowest BCUT2D eigenvalue weighted by atomic mass is 10.0. The number of aromatic nitrogens is 3. The molecular formula is C21H24N4O2. The van der Waals surface area contributed by atoms with E-state index in [1.54, 1.807) is 13.3 Å². The summed E-state index contributed by atoms with van der Waals surface area (Å²) in [5.41, 5.74) is 3.59. The number of fused-ring (bicyclic) bond motifs is 1. The Kier molecular flexibility index (Phi) is 5.16. The third kappa shape index (κ3) is 4.01. The molecular weight excluding hydrogens is 340 g/mol. The monoisotopic (exact) mass is 364 g/mol. The lowest BCUT2D eigenvalue weighted by Gasteiger charge is -2.08. The predicted octanol–water partition coefficient (Wildman–Crippen LogP) is 3.83. The molecule has 2 heterocycles. The second-order valence-electron chi connectivity index (χ2n) is 7.03. The van der Waals surface area contributed by atoms with Gasteiger partial charge in [0.25, 0.3) is 0 Å². The maximum atomic E-state index is 12.3. The molecule has 0 spiro atoms. The van der Waals surface area contributed by atoms with Crippen LogP contribution in [0, 0.1) is 5.92 Å². The van der Waals surface area contributed by atoms with Gasteiger partial charge in [0.1, 0.15) is 0 Å². The molecule has 0 unspecified atom stereocenters. The van der Waals surface area contributed by atoms with Gasteiger partial charge in [-0.1, -0.05) is 24.3 Å². The molecule has 1 N–H and O–H groups in total. The molecule has 27 heavy (non-hydrogen) atoms. The summed E-state index contributed by atoms with van der Waals surface area (Å²) in [6.45, 7) is 1.49. The van der Waals surface area contributed by atoms with Gasteiger partial charge < -0.3 is 10.1 Å². The highest BCUT2D eigenvalue weighted by molar-refractivity contribution is 5.96. The molecule has 0 radical (unpaired) electrons. The van der Waals surface area contributed by atoms with Gasteiger partial charge in [-0.15, -0.1) is 0 Å². The summed E-state index contributed by atoms with van der Waals surface area (Å²) in [5.74, 6) is 1.61. The second-order valence-corrected chi connectivity index (χ2v) is 7.03. The molecule has 1 aliphatic carbocycles. The Morgan fingerprint density at radius 3 is 2.81 bits per heavy atom. The van der Waals surface area contributed by atoms with E-state index in [1.807, 2.05) is 41.1 Å². The highest BCUT2D eigenvalue weighted by atomic mass is 16.5. The number of hydrogen-bond acceptors (Lipinski definition) is 5. The number of benzene rings is 1. The molecule has 0 bridgehead atoms. The number of carbonyl (C=O) groups is 1. The number of ketones is 1. The number of anilines is 1. The van der Waals surface area contributed by atoms with Gasteiger partial charge in [-0.2, -0.15) is 0 Å². The van der Waals surface area contributed by atoms with Gasteiger partial charge in [0.2, 0.25) is 0 Å². The quantitative estimate of drug-likeness (QED) is 0.462. The minimum absolute atomic E-state index is 0.244. The molecule has 0 amide bonds. The average molecular weight is 364 g/mol. The van der Waals surface area contributed by atoms with E-state index in [9.17, 15) is 4.79 Å². The van der Waals surface area contributed by atoms with Crippen LogP contribution in [0.4, 0.5) is 5.82 Å². The maximum Gasteiger partial charge on any atom is 0.180 e. The molecule has 2 aromatic heterocycles. The molecule has 6 heteroatoms. The summed E-state index contributed by atoms with van der Waals surface area (Å²) < 4.78 is 7.10. The Balaban J connectivity index is 1.54. The standard InChI is InChI=1S/C21H24N4O2/c1-27-12-2-9-22-20-21-24-14-18(25(21)11-10-23-20)16-5-7-17(8-6-16)19(26)13-15-3-4-15/h5-8,10-11,14-15H,2-4,9,12-13H2,1H3,(H,22,23). The van der Waals surface area contributed by atoms with Gasteiger partial charge >= 0.3 is 0 Å². The van der Waals surface area contributed by atoms with Crippen LogP contribution in [-0.4, -0.2) is 40.4 Å². The van der Waals surface area contributed by atoms with Crippen LogP contribution in [0.5, 0.6) is 0 Å². The first-order chi connectivity index (χ1) is 13.3. The van der Waals surface area contributed by atoms with Crippen molar-refractivity contribution in [3.05, 3.63) is 48.4 Å². The van der Waals surface area contributed by atoms with Crippen LogP contribution >= 0.6 is 0 Å². The van der Waals surface area contributed by atoms with Crippen molar-refractivity contribution in [1.82, 2.24) is 14.4 Å². The van der Waals surface area contributed by atoms with Crippen molar-refractivity contribution in [2.24, 2.45) is 5.92 Å². The van der Waals surface area contributed by atoms with Crippen molar-refractivity contribution < 1.29 is 9.53 Å². The van der Waals surface area contributed by atoms with E-state index < -0.39 is 0 Å². The van der Waals surface area contributed by atoms with E-state index in [-0.39, 0.29) is 5.78 Å². The number of nitrogens with one attached hydrogen (secondary N) is 1. The molecule has 140 valence electrons. The van der Waals surface area contributed by atoms with Crippen molar-refractivity contribution in [2.75, 3.05) is 25.6 Å². The summed E-state index contributed by atoms with van der Waals surface area (Å²) in [7, 11) is 1.70. The number of carbonyl (C=O) groups excluding carboxylic acids is 1. The van der Waals surface area contributed by atoms with Crippen molar-refractivity contribution in [3.63, 3.8) is 0 Å². The summed E-state index contributed by atoms with van der Waals surface area (Å²) >= 11 is 0. The van der Waals surface area contributed by atoms with Gasteiger partial charge in [-0.3, -0.25) is 9.20 Å². The van der Waals surface area contributed by atoms with Gasteiger partial charge in [0.05, 0.1) is 11.9 Å². The molecule has 0 saturated heterocycles. The topological polar surface area (TPSA) is 68.5 Å². The molecule has 1 saturated carbocycles. The van der Waals surface area contributed by atoms with E-state index in [0.717, 1.165) is 41.3 Å². The third-order valence-corrected chi connectivity index (χ3v) is 4.92. The van der Waals surface area contributed by atoms with Crippen LogP contribution < -0.4 is 5.32 Å². The summed E-state index contributed by atoms with van der Waals surface area (Å²) in [5, 5.41) is 3.32. The van der Waals surface area contributed by atoms with E-state index in [4.69, 9.17) is 4.74 Å². The zero-order valence-corrected chi connectivity index (χ0v) is 15.5. The highest BCUT2D eigenvalue weighted by Crippen LogP contribution is 2.33. The second kappa shape index (κ2) is 7.88. The number of imidazole rings is 1. The molecule has 1 aliphatic rings. The number of Topliss-reactive ketones (excluding diaryl/α,β-unsaturated/α-hetero) is 1. The molecule has 0 atom stereocenters. The van der Waals surface area contributed by atoms with Gasteiger partial charge in [-0.25, -0.2) is 9.97 Å². The first kappa shape index (κ1) is 17.7. The number of hydrogen-bond donors (Lipinski definition) is 1. The third-order valence-electron chi connectivity index (χ3n) is 4.92. The Bertz CT molecular complexity index is 929. The number of ether oxygens (including phenoxy) is 1. The smallest absolute Gasteiger partial charge is 0.180 e. The predicted molar refractivity (Wildman–Crippen MR) is 105 cm³/mol. The molecule has 0 aliphatic heterocycles. The van der Waals surface area contributed by atoms with E-state index in [0.29, 0.717) is 18.9 Å². The summed E-state index contributed by atoms with van der Waals surface area (Å²) in [6.07, 6.45) is 9.50. The molecule has 1 aromatic carbocycles. The fourth-order valence-electron chi connectivity index (χ4n) is 3.21. The molecule has 6 nitrogen and oxygen atoms in total. The van der Waals surface area contributed by atoms with Crippen LogP contribution in [0.25, 0.3) is 16.9 Å². The largest absolute Gasteiger partial charge is 0.385 e. The number of methoxy groups -OCH3 is 1. The summed E-state index contributed by atoms with van der Waals surface area (Å²) in [4.78, 5) is 21.2. The van der Waals surface area contributed by atoms with Crippen LogP contribution in [-0.2, 0) is 4.74 Å². The number of nitrogens with zero attached hydrogens (tertiary/aromatic N) is 3. The Labute approximate surface area is 158 Å². The van der Waals surface area contributed by atoms with Gasteiger partial charge in [0, 0.05) is 50.2 Å². The zero-order chi connectivity index (χ0) is 18.6. The molecule has 1 fully saturated rings. The Morgan fingerprint density at radius 1 is 1.26 bits per heavy atom. The number of rotatable bonds is 9. The Morgan fingerprint density at radius 2 is 2.07 bits per heavy atom. The fourth-order valence-corrected chi connectivity index (χ4v) is 3.21. The Hall–Kier alpha value is -2.73. The van der Waals surface area contributed by atoms with E-state index >= 15 is 0 Å².